The maximum absolute atomic E-state index is 11.7. The van der Waals surface area contributed by atoms with Gasteiger partial charge < -0.3 is 20.9 Å². The zero-order chi connectivity index (χ0) is 15.8. The van der Waals surface area contributed by atoms with Crippen LogP contribution in [-0.4, -0.2) is 35.5 Å². The predicted octanol–water partition coefficient (Wildman–Crippen LogP) is 0.209. The second kappa shape index (κ2) is 7.88. The highest BCUT2D eigenvalue weighted by Crippen LogP contribution is 2.15. The fourth-order valence-electron chi connectivity index (χ4n) is 1.64. The molecular formula is C14H18N2O5. The average Bonchev–Trinajstić information content (AvgIpc) is 2.42. The number of hydrogen-bond acceptors (Lipinski definition) is 4. The lowest BCUT2D eigenvalue weighted by Crippen LogP contribution is -2.43. The topological polar surface area (TPSA) is 119 Å². The van der Waals surface area contributed by atoms with Gasteiger partial charge in [0.1, 0.15) is 11.8 Å². The molecule has 0 radical (unpaired) electrons. The lowest BCUT2D eigenvalue weighted by molar-refractivity contribution is -0.142. The molecule has 0 fully saturated rings. The van der Waals surface area contributed by atoms with Gasteiger partial charge in [0.15, 0.2) is 6.61 Å². The Balaban J connectivity index is 2.49. The number of nitrogens with two attached hydrogens (primary N) is 1. The zero-order valence-electron chi connectivity index (χ0n) is 11.7. The van der Waals surface area contributed by atoms with Gasteiger partial charge >= 0.3 is 5.97 Å². The molecule has 0 aliphatic heterocycles. The third-order valence-corrected chi connectivity index (χ3v) is 2.77. The number of carboxylic acid groups (broad SMARTS) is 1. The van der Waals surface area contributed by atoms with E-state index < -0.39 is 23.8 Å². The molecule has 1 unspecified atom stereocenters. The van der Waals surface area contributed by atoms with Crippen LogP contribution in [0.2, 0.25) is 0 Å². The normalized spacial score (nSPS) is 11.5. The van der Waals surface area contributed by atoms with E-state index in [4.69, 9.17) is 15.6 Å². The summed E-state index contributed by atoms with van der Waals surface area (Å²) in [4.78, 5) is 33.3. The van der Waals surface area contributed by atoms with Gasteiger partial charge in [0.05, 0.1) is 0 Å². The summed E-state index contributed by atoms with van der Waals surface area (Å²) in [5.74, 6) is -1.86. The molecule has 1 atom stereocenters. The van der Waals surface area contributed by atoms with Crippen LogP contribution in [0, 0.1) is 6.92 Å². The Bertz CT molecular complexity index is 530. The molecule has 0 aromatic heterocycles. The summed E-state index contributed by atoms with van der Waals surface area (Å²) in [6.07, 6.45) is -0.170. The number of aryl methyl sites for hydroxylation is 1. The molecule has 0 saturated heterocycles. The number of aliphatic carboxylic acids is 1. The molecule has 0 saturated carbocycles. The number of para-hydroxylation sites is 1. The van der Waals surface area contributed by atoms with Crippen LogP contribution in [0.15, 0.2) is 24.3 Å². The van der Waals surface area contributed by atoms with Crippen molar-refractivity contribution in [1.82, 2.24) is 5.32 Å². The Hall–Kier alpha value is -2.57. The molecule has 0 aliphatic carbocycles. The third-order valence-electron chi connectivity index (χ3n) is 2.77. The number of nitrogens with one attached hydrogen (secondary N) is 1. The molecule has 7 nitrogen and oxygen atoms in total. The second-order valence-corrected chi connectivity index (χ2v) is 4.52. The Morgan fingerprint density at radius 2 is 2.00 bits per heavy atom. The summed E-state index contributed by atoms with van der Waals surface area (Å²) in [5.41, 5.74) is 5.82. The van der Waals surface area contributed by atoms with Crippen LogP contribution < -0.4 is 15.8 Å². The minimum atomic E-state index is -1.22. The SMILES string of the molecule is Cc1ccccc1OCC(=O)NC(CCC(N)=O)C(=O)O. The maximum atomic E-state index is 11.7. The lowest BCUT2D eigenvalue weighted by Gasteiger charge is -2.14. The Labute approximate surface area is 122 Å². The quantitative estimate of drug-likeness (QED) is 0.633. The molecule has 4 N–H and O–H groups in total. The first-order valence-corrected chi connectivity index (χ1v) is 6.39. The molecule has 1 aromatic rings. The van der Waals surface area contributed by atoms with E-state index in [2.05, 4.69) is 5.32 Å². The van der Waals surface area contributed by atoms with Crippen molar-refractivity contribution in [3.8, 4) is 5.75 Å². The van der Waals surface area contributed by atoms with E-state index in [1.54, 1.807) is 12.1 Å². The smallest absolute Gasteiger partial charge is 0.326 e. The first kappa shape index (κ1) is 16.5. The summed E-state index contributed by atoms with van der Waals surface area (Å²) in [6, 6.07) is 6.00. The average molecular weight is 294 g/mol. The highest BCUT2D eigenvalue weighted by atomic mass is 16.5. The van der Waals surface area contributed by atoms with Gasteiger partial charge in [0, 0.05) is 6.42 Å². The molecule has 21 heavy (non-hydrogen) atoms. The molecule has 0 aliphatic rings. The Kier molecular flexibility index (Phi) is 6.19. The third kappa shape index (κ3) is 5.94. The largest absolute Gasteiger partial charge is 0.484 e. The number of carbonyl (C=O) groups excluding carboxylic acids is 2. The molecule has 0 heterocycles. The van der Waals surface area contributed by atoms with E-state index in [1.807, 2.05) is 19.1 Å². The molecule has 1 aromatic carbocycles. The van der Waals surface area contributed by atoms with E-state index in [1.165, 1.54) is 0 Å². The standard InChI is InChI=1S/C14H18N2O5/c1-9-4-2-3-5-11(9)21-8-13(18)16-10(14(19)20)6-7-12(15)17/h2-5,10H,6-8H2,1H3,(H2,15,17)(H,16,18)(H,19,20). The molecular weight excluding hydrogens is 276 g/mol. The van der Waals surface area contributed by atoms with Gasteiger partial charge in [-0.15, -0.1) is 0 Å². The van der Waals surface area contributed by atoms with Crippen molar-refractivity contribution in [2.75, 3.05) is 6.61 Å². The Morgan fingerprint density at radius 3 is 2.57 bits per heavy atom. The van der Waals surface area contributed by atoms with Crippen LogP contribution >= 0.6 is 0 Å². The molecule has 7 heteroatoms. The monoisotopic (exact) mass is 294 g/mol. The van der Waals surface area contributed by atoms with Crippen LogP contribution in [0.25, 0.3) is 0 Å². The number of amides is 2. The molecule has 0 spiro atoms. The van der Waals surface area contributed by atoms with Gasteiger partial charge in [-0.2, -0.15) is 0 Å². The number of carbonyl (C=O) groups is 3. The minimum Gasteiger partial charge on any atom is -0.484 e. The zero-order valence-corrected chi connectivity index (χ0v) is 11.7. The van der Waals surface area contributed by atoms with Crippen LogP contribution in [-0.2, 0) is 14.4 Å². The number of ether oxygens (including phenoxy) is 1. The molecule has 114 valence electrons. The number of primary amides is 1. The van der Waals surface area contributed by atoms with Crippen molar-refractivity contribution in [3.63, 3.8) is 0 Å². The van der Waals surface area contributed by atoms with E-state index >= 15 is 0 Å². The van der Waals surface area contributed by atoms with Crippen molar-refractivity contribution in [2.45, 2.75) is 25.8 Å². The molecule has 2 amide bonds. The summed E-state index contributed by atoms with van der Waals surface area (Å²) in [5, 5.41) is 11.2. The highest BCUT2D eigenvalue weighted by Gasteiger charge is 2.20. The van der Waals surface area contributed by atoms with Gasteiger partial charge in [-0.05, 0) is 25.0 Å². The maximum Gasteiger partial charge on any atom is 0.326 e. The summed E-state index contributed by atoms with van der Waals surface area (Å²) >= 11 is 0. The van der Waals surface area contributed by atoms with E-state index in [9.17, 15) is 14.4 Å². The highest BCUT2D eigenvalue weighted by molar-refractivity contribution is 5.85. The van der Waals surface area contributed by atoms with Gasteiger partial charge in [-0.25, -0.2) is 4.79 Å². The second-order valence-electron chi connectivity index (χ2n) is 4.52. The number of rotatable bonds is 8. The van der Waals surface area contributed by atoms with Crippen molar-refractivity contribution >= 4 is 17.8 Å². The van der Waals surface area contributed by atoms with E-state index in [-0.39, 0.29) is 19.4 Å². The van der Waals surface area contributed by atoms with Crippen LogP contribution in [0.4, 0.5) is 0 Å². The van der Waals surface area contributed by atoms with Gasteiger partial charge in [0.25, 0.3) is 5.91 Å². The van der Waals surface area contributed by atoms with Crippen LogP contribution in [0.3, 0.4) is 0 Å². The van der Waals surface area contributed by atoms with E-state index in [0.717, 1.165) is 5.56 Å². The number of hydrogen-bond donors (Lipinski definition) is 3. The summed E-state index contributed by atoms with van der Waals surface area (Å²) in [7, 11) is 0. The Morgan fingerprint density at radius 1 is 1.33 bits per heavy atom. The van der Waals surface area contributed by atoms with Gasteiger partial charge in [-0.3, -0.25) is 9.59 Å². The molecule has 0 bridgehead atoms. The van der Waals surface area contributed by atoms with Crippen LogP contribution in [0.5, 0.6) is 5.75 Å². The lowest BCUT2D eigenvalue weighted by atomic mass is 10.1. The van der Waals surface area contributed by atoms with Crippen molar-refractivity contribution in [1.29, 1.82) is 0 Å². The number of carboxylic acids is 1. The fourth-order valence-corrected chi connectivity index (χ4v) is 1.64. The first-order valence-electron chi connectivity index (χ1n) is 6.39. The van der Waals surface area contributed by atoms with Crippen molar-refractivity contribution in [3.05, 3.63) is 29.8 Å². The minimum absolute atomic E-state index is 0.0548. The van der Waals surface area contributed by atoms with Crippen molar-refractivity contribution < 1.29 is 24.2 Å². The summed E-state index contributed by atoms with van der Waals surface area (Å²) in [6.45, 7) is 1.53. The van der Waals surface area contributed by atoms with Gasteiger partial charge in [-0.1, -0.05) is 18.2 Å². The van der Waals surface area contributed by atoms with Crippen LogP contribution in [0.1, 0.15) is 18.4 Å². The molecule has 1 rings (SSSR count). The number of benzene rings is 1. The summed E-state index contributed by atoms with van der Waals surface area (Å²) < 4.78 is 5.31. The van der Waals surface area contributed by atoms with Gasteiger partial charge in [0.2, 0.25) is 5.91 Å². The first-order chi connectivity index (χ1) is 9.90. The van der Waals surface area contributed by atoms with Crippen molar-refractivity contribution in [2.24, 2.45) is 5.73 Å². The van der Waals surface area contributed by atoms with E-state index in [0.29, 0.717) is 5.75 Å². The fraction of sp³-hybridized carbons (Fsp3) is 0.357. The predicted molar refractivity (Wildman–Crippen MR) is 74.7 cm³/mol.